The molecule has 134 valence electrons. The van der Waals surface area contributed by atoms with Crippen LogP contribution in [-0.4, -0.2) is 12.1 Å². The summed E-state index contributed by atoms with van der Waals surface area (Å²) in [6.45, 7) is 4.26. The highest BCUT2D eigenvalue weighted by Crippen LogP contribution is 2.47. The minimum Gasteiger partial charge on any atom is -0.454 e. The van der Waals surface area contributed by atoms with E-state index in [1.165, 1.54) is 6.92 Å². The first-order chi connectivity index (χ1) is 11.2. The number of hydrogen-bond acceptors (Lipinski definition) is 2. The van der Waals surface area contributed by atoms with Gasteiger partial charge in [-0.3, -0.25) is 4.79 Å². The first-order valence-corrected chi connectivity index (χ1v) is 8.59. The van der Waals surface area contributed by atoms with E-state index in [1.54, 1.807) is 0 Å². The average Bonchev–Trinajstić information content (AvgIpc) is 2.53. The van der Waals surface area contributed by atoms with Crippen molar-refractivity contribution in [2.75, 3.05) is 0 Å². The highest BCUT2D eigenvalue weighted by molar-refractivity contribution is 5.78. The van der Waals surface area contributed by atoms with Gasteiger partial charge in [0.25, 0.3) is 0 Å². The molecule has 0 spiro atoms. The van der Waals surface area contributed by atoms with Crippen LogP contribution in [0, 0.1) is 5.41 Å². The number of esters is 1. The van der Waals surface area contributed by atoms with Crippen LogP contribution in [0.1, 0.15) is 64.0 Å². The van der Waals surface area contributed by atoms with Gasteiger partial charge in [-0.15, -0.1) is 0 Å². The molecule has 0 saturated heterocycles. The van der Waals surface area contributed by atoms with Gasteiger partial charge in [0.05, 0.1) is 0 Å². The fourth-order valence-electron chi connectivity index (χ4n) is 3.45. The molecule has 2 nitrogen and oxygen atoms in total. The van der Waals surface area contributed by atoms with Gasteiger partial charge in [0.2, 0.25) is 0 Å². The van der Waals surface area contributed by atoms with Gasteiger partial charge in [0.1, 0.15) is 5.60 Å². The molecular formula is C19H25F3O2. The molecule has 24 heavy (non-hydrogen) atoms. The van der Waals surface area contributed by atoms with Gasteiger partial charge in [-0.1, -0.05) is 44.5 Å². The van der Waals surface area contributed by atoms with E-state index in [9.17, 15) is 18.0 Å². The van der Waals surface area contributed by atoms with E-state index in [2.05, 4.69) is 0 Å². The molecule has 1 aliphatic rings. The maximum absolute atomic E-state index is 13.4. The SMILES string of the molecule is CCCC1(OC(=O)C(C)(CC)C(F)(F)F)CCCc2ccccc21. The summed E-state index contributed by atoms with van der Waals surface area (Å²) in [4.78, 5) is 12.6. The van der Waals surface area contributed by atoms with Crippen LogP contribution >= 0.6 is 0 Å². The second-order valence-corrected chi connectivity index (χ2v) is 6.83. The number of carbonyl (C=O) groups is 1. The lowest BCUT2D eigenvalue weighted by Gasteiger charge is -2.41. The summed E-state index contributed by atoms with van der Waals surface area (Å²) in [5.74, 6) is -1.16. The summed E-state index contributed by atoms with van der Waals surface area (Å²) in [5.41, 5.74) is -1.48. The second kappa shape index (κ2) is 6.77. The van der Waals surface area contributed by atoms with Gasteiger partial charge in [-0.2, -0.15) is 13.2 Å². The molecule has 1 aromatic rings. The number of halogens is 3. The number of aryl methyl sites for hydroxylation is 1. The van der Waals surface area contributed by atoms with Crippen LogP contribution in [0.5, 0.6) is 0 Å². The topological polar surface area (TPSA) is 26.3 Å². The van der Waals surface area contributed by atoms with Crippen molar-refractivity contribution in [3.05, 3.63) is 35.4 Å². The lowest BCUT2D eigenvalue weighted by molar-refractivity contribution is -0.240. The molecule has 0 saturated carbocycles. The molecule has 0 amide bonds. The van der Waals surface area contributed by atoms with Crippen LogP contribution in [0.15, 0.2) is 24.3 Å². The van der Waals surface area contributed by atoms with Crippen molar-refractivity contribution in [3.63, 3.8) is 0 Å². The third-order valence-electron chi connectivity index (χ3n) is 5.26. The Balaban J connectivity index is 2.42. The average molecular weight is 342 g/mol. The number of hydrogen-bond donors (Lipinski definition) is 0. The Bertz CT molecular complexity index is 597. The molecule has 2 unspecified atom stereocenters. The van der Waals surface area contributed by atoms with Crippen LogP contribution in [0.3, 0.4) is 0 Å². The van der Waals surface area contributed by atoms with E-state index in [0.29, 0.717) is 12.8 Å². The zero-order valence-corrected chi connectivity index (χ0v) is 14.5. The lowest BCUT2D eigenvalue weighted by atomic mass is 9.76. The monoisotopic (exact) mass is 342 g/mol. The summed E-state index contributed by atoms with van der Waals surface area (Å²) >= 11 is 0. The number of carbonyl (C=O) groups excluding carboxylic acids is 1. The van der Waals surface area contributed by atoms with Gasteiger partial charge < -0.3 is 4.74 Å². The quantitative estimate of drug-likeness (QED) is 0.657. The molecule has 0 radical (unpaired) electrons. The van der Waals surface area contributed by atoms with E-state index in [0.717, 1.165) is 37.3 Å². The fraction of sp³-hybridized carbons (Fsp3) is 0.632. The van der Waals surface area contributed by atoms with E-state index < -0.39 is 23.2 Å². The van der Waals surface area contributed by atoms with Crippen LogP contribution in [0.2, 0.25) is 0 Å². The van der Waals surface area contributed by atoms with Gasteiger partial charge in [-0.25, -0.2) is 0 Å². The van der Waals surface area contributed by atoms with Crippen LogP contribution in [0.4, 0.5) is 13.2 Å². The third kappa shape index (κ3) is 3.17. The number of rotatable bonds is 5. The number of benzene rings is 1. The Morgan fingerprint density at radius 1 is 1.25 bits per heavy atom. The van der Waals surface area contributed by atoms with Crippen molar-refractivity contribution in [1.82, 2.24) is 0 Å². The molecule has 2 rings (SSSR count). The minimum atomic E-state index is -4.62. The van der Waals surface area contributed by atoms with Crippen molar-refractivity contribution < 1.29 is 22.7 Å². The Morgan fingerprint density at radius 3 is 2.50 bits per heavy atom. The van der Waals surface area contributed by atoms with Gasteiger partial charge in [0, 0.05) is 0 Å². The summed E-state index contributed by atoms with van der Waals surface area (Å²) < 4.78 is 45.9. The first-order valence-electron chi connectivity index (χ1n) is 8.59. The molecular weight excluding hydrogens is 317 g/mol. The Labute approximate surface area is 141 Å². The molecule has 1 aromatic carbocycles. The largest absolute Gasteiger partial charge is 0.454 e. The number of alkyl halides is 3. The van der Waals surface area contributed by atoms with Gasteiger partial charge >= 0.3 is 12.1 Å². The molecule has 0 fully saturated rings. The lowest BCUT2D eigenvalue weighted by Crippen LogP contribution is -2.47. The van der Waals surface area contributed by atoms with Crippen molar-refractivity contribution in [1.29, 1.82) is 0 Å². The molecule has 2 atom stereocenters. The zero-order chi connectivity index (χ0) is 18.0. The number of ether oxygens (including phenoxy) is 1. The van der Waals surface area contributed by atoms with Crippen molar-refractivity contribution >= 4 is 5.97 Å². The van der Waals surface area contributed by atoms with E-state index in [-0.39, 0.29) is 6.42 Å². The van der Waals surface area contributed by atoms with Crippen LogP contribution in [-0.2, 0) is 21.6 Å². The van der Waals surface area contributed by atoms with Gasteiger partial charge in [-0.05, 0) is 50.2 Å². The van der Waals surface area contributed by atoms with Crippen molar-refractivity contribution in [2.45, 2.75) is 71.1 Å². The van der Waals surface area contributed by atoms with Crippen LogP contribution in [0.25, 0.3) is 0 Å². The maximum Gasteiger partial charge on any atom is 0.404 e. The maximum atomic E-state index is 13.4. The molecule has 5 heteroatoms. The summed E-state index contributed by atoms with van der Waals surface area (Å²) in [6, 6.07) is 7.61. The summed E-state index contributed by atoms with van der Waals surface area (Å²) in [7, 11) is 0. The van der Waals surface area contributed by atoms with Gasteiger partial charge in [0.15, 0.2) is 5.41 Å². The smallest absolute Gasteiger partial charge is 0.404 e. The van der Waals surface area contributed by atoms with Crippen LogP contribution < -0.4 is 0 Å². The van der Waals surface area contributed by atoms with E-state index in [4.69, 9.17) is 4.74 Å². The normalized spacial score (nSPS) is 23.2. The molecule has 0 N–H and O–H groups in total. The predicted molar refractivity (Wildman–Crippen MR) is 86.5 cm³/mol. The molecule has 0 bridgehead atoms. The molecule has 0 aromatic heterocycles. The molecule has 0 aliphatic heterocycles. The Morgan fingerprint density at radius 2 is 1.92 bits per heavy atom. The highest BCUT2D eigenvalue weighted by atomic mass is 19.4. The second-order valence-electron chi connectivity index (χ2n) is 6.83. The van der Waals surface area contributed by atoms with Crippen molar-refractivity contribution in [2.24, 2.45) is 5.41 Å². The summed E-state index contributed by atoms with van der Waals surface area (Å²) in [6.07, 6.45) is -1.45. The fourth-order valence-corrected chi connectivity index (χ4v) is 3.45. The molecule has 1 aliphatic carbocycles. The minimum absolute atomic E-state index is 0.334. The highest BCUT2D eigenvalue weighted by Gasteiger charge is 2.58. The Hall–Kier alpha value is -1.52. The zero-order valence-electron chi connectivity index (χ0n) is 14.5. The predicted octanol–water partition coefficient (Wildman–Crippen LogP) is 5.54. The Kier molecular flexibility index (Phi) is 5.31. The summed E-state index contributed by atoms with van der Waals surface area (Å²) in [5, 5.41) is 0. The van der Waals surface area contributed by atoms with Crippen molar-refractivity contribution in [3.8, 4) is 0 Å². The number of fused-ring (bicyclic) bond motifs is 1. The van der Waals surface area contributed by atoms with E-state index >= 15 is 0 Å². The van der Waals surface area contributed by atoms with E-state index in [1.807, 2.05) is 31.2 Å². The third-order valence-corrected chi connectivity index (χ3v) is 5.26. The molecule has 0 heterocycles. The first kappa shape index (κ1) is 18.8. The standard InChI is InChI=1S/C19H25F3O2/c1-4-12-18(13-8-10-14-9-6-7-11-15(14)18)24-16(23)17(3,5-2)19(20,21)22/h6-7,9,11H,4-5,8,10,12-13H2,1-3H3.